The molecule has 1 aromatic heterocycles. The van der Waals surface area contributed by atoms with Gasteiger partial charge in [-0.3, -0.25) is 9.48 Å². The van der Waals surface area contributed by atoms with E-state index in [0.717, 1.165) is 31.5 Å². The number of nitrogens with one attached hydrogen (secondary N) is 1. The van der Waals surface area contributed by atoms with Gasteiger partial charge in [-0.15, -0.1) is 5.10 Å². The molecule has 6 nitrogen and oxygen atoms in total. The van der Waals surface area contributed by atoms with Crippen molar-refractivity contribution in [3.63, 3.8) is 0 Å². The molecule has 1 amide bonds. The Morgan fingerprint density at radius 1 is 1.33 bits per heavy atom. The Labute approximate surface area is 127 Å². The lowest BCUT2D eigenvalue weighted by atomic mass is 9.73. The number of hydrogen-bond donors (Lipinski definition) is 1. The van der Waals surface area contributed by atoms with Crippen LogP contribution in [0.3, 0.4) is 0 Å². The summed E-state index contributed by atoms with van der Waals surface area (Å²) in [7, 11) is 1.65. The minimum atomic E-state index is 0.0999. The third-order valence-corrected chi connectivity index (χ3v) is 3.45. The fourth-order valence-corrected chi connectivity index (χ4v) is 2.98. The number of carbonyl (C=O) groups excluding carboxylic acids is 1. The van der Waals surface area contributed by atoms with Gasteiger partial charge in [0.2, 0.25) is 6.41 Å². The topological polar surface area (TPSA) is 69.0 Å². The maximum atomic E-state index is 10.3. The maximum Gasteiger partial charge on any atom is 0.207 e. The van der Waals surface area contributed by atoms with Gasteiger partial charge in [0.1, 0.15) is 5.69 Å². The van der Waals surface area contributed by atoms with Crippen molar-refractivity contribution in [3.8, 4) is 0 Å². The van der Waals surface area contributed by atoms with E-state index < -0.39 is 0 Å². The molecule has 0 aliphatic rings. The minimum Gasteiger partial charge on any atom is -0.378 e. The summed E-state index contributed by atoms with van der Waals surface area (Å²) in [4.78, 5) is 10.3. The summed E-state index contributed by atoms with van der Waals surface area (Å²) in [5.41, 5.74) is 1.11. The fourth-order valence-electron chi connectivity index (χ4n) is 2.98. The van der Waals surface area contributed by atoms with Crippen LogP contribution in [0.25, 0.3) is 0 Å². The SMILES string of the molecule is COCc1cn(CC(C)(C)CC(C)(C)CCNC=O)nn1. The zero-order valence-electron chi connectivity index (χ0n) is 13.8. The number of methoxy groups -OCH3 is 1. The van der Waals surface area contributed by atoms with E-state index in [-0.39, 0.29) is 10.8 Å². The molecule has 0 unspecified atom stereocenters. The van der Waals surface area contributed by atoms with Crippen molar-refractivity contribution in [2.24, 2.45) is 10.8 Å². The molecule has 0 aliphatic carbocycles. The quantitative estimate of drug-likeness (QED) is 0.529. The molecular weight excluding hydrogens is 268 g/mol. The highest BCUT2D eigenvalue weighted by Gasteiger charge is 2.29. The molecule has 0 aromatic carbocycles. The van der Waals surface area contributed by atoms with Crippen LogP contribution >= 0.6 is 0 Å². The molecule has 0 atom stereocenters. The molecule has 0 bridgehead atoms. The van der Waals surface area contributed by atoms with Gasteiger partial charge in [0.25, 0.3) is 0 Å². The minimum absolute atomic E-state index is 0.0999. The third kappa shape index (κ3) is 6.71. The second-order valence-electron chi connectivity index (χ2n) is 7.17. The lowest BCUT2D eigenvalue weighted by molar-refractivity contribution is -0.109. The molecule has 0 fully saturated rings. The lowest BCUT2D eigenvalue weighted by Gasteiger charge is -2.34. The van der Waals surface area contributed by atoms with Gasteiger partial charge in [0.05, 0.1) is 12.8 Å². The second kappa shape index (κ2) is 7.54. The fraction of sp³-hybridized carbons (Fsp3) is 0.800. The predicted molar refractivity (Wildman–Crippen MR) is 81.6 cm³/mol. The molecule has 0 radical (unpaired) electrons. The molecule has 120 valence electrons. The van der Waals surface area contributed by atoms with Crippen molar-refractivity contribution in [1.82, 2.24) is 20.3 Å². The number of amides is 1. The van der Waals surface area contributed by atoms with E-state index in [4.69, 9.17) is 4.74 Å². The van der Waals surface area contributed by atoms with Crippen molar-refractivity contribution in [1.29, 1.82) is 0 Å². The van der Waals surface area contributed by atoms with Gasteiger partial charge in [0, 0.05) is 20.2 Å². The molecule has 0 aliphatic heterocycles. The van der Waals surface area contributed by atoms with Gasteiger partial charge >= 0.3 is 0 Å². The summed E-state index contributed by atoms with van der Waals surface area (Å²) in [6.07, 6.45) is 4.70. The summed E-state index contributed by atoms with van der Waals surface area (Å²) in [5.74, 6) is 0. The molecular formula is C15H28N4O2. The largest absolute Gasteiger partial charge is 0.378 e. The first kappa shape index (κ1) is 17.6. The van der Waals surface area contributed by atoms with E-state index in [9.17, 15) is 4.79 Å². The summed E-state index contributed by atoms with van der Waals surface area (Å²) in [6, 6.07) is 0. The molecule has 21 heavy (non-hydrogen) atoms. The number of nitrogens with zero attached hydrogens (tertiary/aromatic N) is 3. The monoisotopic (exact) mass is 296 g/mol. The second-order valence-corrected chi connectivity index (χ2v) is 7.17. The number of rotatable bonds is 10. The number of aromatic nitrogens is 3. The molecule has 0 spiro atoms. The Morgan fingerprint density at radius 3 is 2.67 bits per heavy atom. The highest BCUT2D eigenvalue weighted by molar-refractivity contribution is 5.45. The van der Waals surface area contributed by atoms with Crippen molar-refractivity contribution in [2.75, 3.05) is 13.7 Å². The summed E-state index contributed by atoms with van der Waals surface area (Å²) in [5, 5.41) is 11.0. The zero-order valence-corrected chi connectivity index (χ0v) is 13.8. The standard InChI is InChI=1S/C15H28N4O2/c1-14(2,6-7-16-12-20)10-15(3,4)11-19-8-13(9-21-5)17-18-19/h8,12H,6-7,9-11H2,1-5H3,(H,16,20). The van der Waals surface area contributed by atoms with Gasteiger partial charge in [0.15, 0.2) is 0 Å². The Kier molecular flexibility index (Phi) is 6.33. The Balaban J connectivity index is 2.56. The van der Waals surface area contributed by atoms with Gasteiger partial charge in [-0.1, -0.05) is 32.9 Å². The van der Waals surface area contributed by atoms with Crippen molar-refractivity contribution >= 4 is 6.41 Å². The van der Waals surface area contributed by atoms with Gasteiger partial charge in [-0.05, 0) is 23.7 Å². The van der Waals surface area contributed by atoms with Crippen molar-refractivity contribution in [2.45, 2.75) is 53.7 Å². The Hall–Kier alpha value is -1.43. The van der Waals surface area contributed by atoms with Crippen LogP contribution in [0, 0.1) is 10.8 Å². The summed E-state index contributed by atoms with van der Waals surface area (Å²) < 4.78 is 6.94. The average molecular weight is 296 g/mol. The van der Waals surface area contributed by atoms with Crippen LogP contribution in [0.2, 0.25) is 0 Å². The van der Waals surface area contributed by atoms with Crippen LogP contribution in [-0.2, 0) is 22.7 Å². The molecule has 1 N–H and O–H groups in total. The van der Waals surface area contributed by atoms with E-state index in [1.807, 2.05) is 10.9 Å². The maximum absolute atomic E-state index is 10.3. The van der Waals surface area contributed by atoms with E-state index in [1.165, 1.54) is 0 Å². The Bertz CT molecular complexity index is 441. The van der Waals surface area contributed by atoms with Crippen LogP contribution in [0.4, 0.5) is 0 Å². The van der Waals surface area contributed by atoms with E-state index in [1.54, 1.807) is 7.11 Å². The van der Waals surface area contributed by atoms with Crippen LogP contribution < -0.4 is 5.32 Å². The first-order valence-corrected chi connectivity index (χ1v) is 7.33. The molecule has 1 rings (SSSR count). The molecule has 6 heteroatoms. The van der Waals surface area contributed by atoms with E-state index in [2.05, 4.69) is 43.3 Å². The van der Waals surface area contributed by atoms with E-state index in [0.29, 0.717) is 13.2 Å². The molecule has 1 aromatic rings. The van der Waals surface area contributed by atoms with Gasteiger partial charge in [-0.25, -0.2) is 0 Å². The van der Waals surface area contributed by atoms with Gasteiger partial charge in [-0.2, -0.15) is 0 Å². The highest BCUT2D eigenvalue weighted by Crippen LogP contribution is 2.36. The molecule has 0 saturated heterocycles. The number of carbonyl (C=O) groups is 1. The molecule has 1 heterocycles. The third-order valence-electron chi connectivity index (χ3n) is 3.45. The predicted octanol–water partition coefficient (Wildman–Crippen LogP) is 2.00. The average Bonchev–Trinajstić information content (AvgIpc) is 2.74. The smallest absolute Gasteiger partial charge is 0.207 e. The normalized spacial score (nSPS) is 12.4. The van der Waals surface area contributed by atoms with Crippen LogP contribution in [0.5, 0.6) is 0 Å². The van der Waals surface area contributed by atoms with Crippen LogP contribution in [-0.4, -0.2) is 35.1 Å². The number of hydrogen-bond acceptors (Lipinski definition) is 4. The first-order chi connectivity index (χ1) is 9.78. The summed E-state index contributed by atoms with van der Waals surface area (Å²) >= 11 is 0. The summed E-state index contributed by atoms with van der Waals surface area (Å²) in [6.45, 7) is 11.0. The van der Waals surface area contributed by atoms with E-state index >= 15 is 0 Å². The Morgan fingerprint density at radius 2 is 2.05 bits per heavy atom. The van der Waals surface area contributed by atoms with Crippen LogP contribution in [0.15, 0.2) is 6.20 Å². The van der Waals surface area contributed by atoms with Crippen molar-refractivity contribution < 1.29 is 9.53 Å². The first-order valence-electron chi connectivity index (χ1n) is 7.33. The highest BCUT2D eigenvalue weighted by atomic mass is 16.5. The van der Waals surface area contributed by atoms with Gasteiger partial charge < -0.3 is 10.1 Å². The molecule has 0 saturated carbocycles. The van der Waals surface area contributed by atoms with Crippen LogP contribution in [0.1, 0.15) is 46.2 Å². The van der Waals surface area contributed by atoms with Crippen molar-refractivity contribution in [3.05, 3.63) is 11.9 Å². The lowest BCUT2D eigenvalue weighted by Crippen LogP contribution is -2.30. The number of ether oxygens (including phenoxy) is 1. The zero-order chi connectivity index (χ0) is 15.9.